The Kier molecular flexibility index (Phi) is 6.07. The van der Waals surface area contributed by atoms with E-state index in [0.717, 1.165) is 16.7 Å². The zero-order valence-corrected chi connectivity index (χ0v) is 20.3. The first-order chi connectivity index (χ1) is 16.4. The Labute approximate surface area is 207 Å². The van der Waals surface area contributed by atoms with Crippen molar-refractivity contribution in [3.05, 3.63) is 88.7 Å². The molecule has 1 fully saturated rings. The highest BCUT2D eigenvalue weighted by atomic mass is 35.5. The van der Waals surface area contributed by atoms with Crippen LogP contribution in [0.25, 0.3) is 16.7 Å². The fraction of sp³-hybridized carbons (Fsp3) is 0.167. The predicted octanol–water partition coefficient (Wildman–Crippen LogP) is 4.48. The van der Waals surface area contributed by atoms with Gasteiger partial charge in [-0.15, -0.1) is 0 Å². The molecule has 0 spiro atoms. The van der Waals surface area contributed by atoms with Crippen molar-refractivity contribution in [1.29, 1.82) is 0 Å². The summed E-state index contributed by atoms with van der Waals surface area (Å²) in [5.74, 6) is -0.144. The van der Waals surface area contributed by atoms with Crippen molar-refractivity contribution in [3.63, 3.8) is 0 Å². The summed E-state index contributed by atoms with van der Waals surface area (Å²) in [5, 5.41) is 0.161. The minimum atomic E-state index is -3.86. The number of carbonyl (C=O) groups is 1. The lowest BCUT2D eigenvalue weighted by Gasteiger charge is -2.34. The molecule has 0 radical (unpaired) electrons. The number of piperazine rings is 1. The molecule has 5 rings (SSSR count). The molecule has 7 nitrogen and oxygen atoms in total. The Balaban J connectivity index is 1.29. The molecule has 10 heteroatoms. The first kappa shape index (κ1) is 22.9. The maximum absolute atomic E-state index is 13.1. The van der Waals surface area contributed by atoms with Crippen molar-refractivity contribution in [1.82, 2.24) is 18.8 Å². The summed E-state index contributed by atoms with van der Waals surface area (Å²) >= 11 is 12.2. The van der Waals surface area contributed by atoms with Gasteiger partial charge in [0.2, 0.25) is 10.0 Å². The van der Waals surface area contributed by atoms with Crippen LogP contribution in [0.5, 0.6) is 0 Å². The summed E-state index contributed by atoms with van der Waals surface area (Å²) < 4.78 is 29.4. The first-order valence-electron chi connectivity index (χ1n) is 10.6. The molecular formula is C24H20Cl2N4O3S. The van der Waals surface area contributed by atoms with E-state index in [1.54, 1.807) is 29.4 Å². The summed E-state index contributed by atoms with van der Waals surface area (Å²) in [6.45, 7) is 0.867. The first-order valence-corrected chi connectivity index (χ1v) is 12.8. The summed E-state index contributed by atoms with van der Waals surface area (Å²) in [7, 11) is -3.86. The normalized spacial score (nSPS) is 15.1. The number of sulfonamides is 1. The Morgan fingerprint density at radius 3 is 2.15 bits per heavy atom. The van der Waals surface area contributed by atoms with Gasteiger partial charge >= 0.3 is 0 Å². The van der Waals surface area contributed by atoms with Crippen LogP contribution in [0.1, 0.15) is 10.4 Å². The van der Waals surface area contributed by atoms with E-state index in [0.29, 0.717) is 5.56 Å². The standard InChI is InChI=1S/C24H20Cl2N4O3S/c25-19-4-3-5-20(26)23(19)34(32,33)29-14-12-28(13-15-29)24(31)17-8-10-18(11-9-17)30-16-27-21-6-1-2-7-22(21)30/h1-11,16H,12-15H2. The van der Waals surface area contributed by atoms with Crippen LogP contribution in [0.15, 0.2) is 78.0 Å². The fourth-order valence-electron chi connectivity index (χ4n) is 4.10. The number of nitrogens with zero attached hydrogens (tertiary/aromatic N) is 4. The van der Waals surface area contributed by atoms with Crippen molar-refractivity contribution in [2.45, 2.75) is 4.90 Å². The van der Waals surface area contributed by atoms with Gasteiger partial charge < -0.3 is 4.90 Å². The second kappa shape index (κ2) is 9.03. The average Bonchev–Trinajstić information content (AvgIpc) is 3.28. The number of amides is 1. The van der Waals surface area contributed by atoms with E-state index in [4.69, 9.17) is 23.2 Å². The quantitative estimate of drug-likeness (QED) is 0.402. The Morgan fingerprint density at radius 1 is 0.824 bits per heavy atom. The van der Waals surface area contributed by atoms with Crippen LogP contribution in [0.4, 0.5) is 0 Å². The summed E-state index contributed by atoms with van der Waals surface area (Å²) in [4.78, 5) is 19.0. The minimum Gasteiger partial charge on any atom is -0.336 e. The molecule has 0 N–H and O–H groups in total. The van der Waals surface area contributed by atoms with E-state index in [-0.39, 0.29) is 47.0 Å². The van der Waals surface area contributed by atoms with Gasteiger partial charge in [-0.1, -0.05) is 41.4 Å². The second-order valence-corrected chi connectivity index (χ2v) is 10.6. The number of carbonyl (C=O) groups excluding carboxylic acids is 1. The largest absolute Gasteiger partial charge is 0.336 e. The molecule has 1 aliphatic heterocycles. The lowest BCUT2D eigenvalue weighted by Crippen LogP contribution is -2.50. The smallest absolute Gasteiger partial charge is 0.253 e. The van der Waals surface area contributed by atoms with Crippen LogP contribution in [0, 0.1) is 0 Å². The van der Waals surface area contributed by atoms with E-state index in [1.807, 2.05) is 41.0 Å². The Bertz CT molecular complexity index is 1460. The highest BCUT2D eigenvalue weighted by Gasteiger charge is 2.33. The van der Waals surface area contributed by atoms with Crippen LogP contribution in [-0.2, 0) is 10.0 Å². The highest BCUT2D eigenvalue weighted by Crippen LogP contribution is 2.32. The van der Waals surface area contributed by atoms with Gasteiger partial charge in [-0.05, 0) is 48.5 Å². The van der Waals surface area contributed by atoms with Gasteiger partial charge in [0.05, 0.1) is 21.1 Å². The number of imidazole rings is 1. The number of rotatable bonds is 4. The molecule has 1 amide bonds. The summed E-state index contributed by atoms with van der Waals surface area (Å²) in [5.41, 5.74) is 3.32. The second-order valence-electron chi connectivity index (χ2n) is 7.90. The molecule has 1 saturated heterocycles. The molecule has 4 aromatic rings. The monoisotopic (exact) mass is 514 g/mol. The topological polar surface area (TPSA) is 75.5 Å². The molecule has 2 heterocycles. The number of hydrogen-bond acceptors (Lipinski definition) is 4. The number of aromatic nitrogens is 2. The van der Waals surface area contributed by atoms with Gasteiger partial charge in [-0.25, -0.2) is 13.4 Å². The maximum Gasteiger partial charge on any atom is 0.253 e. The number of benzene rings is 3. The third-order valence-electron chi connectivity index (χ3n) is 5.89. The van der Waals surface area contributed by atoms with Crippen LogP contribution in [0.2, 0.25) is 10.0 Å². The molecule has 0 saturated carbocycles. The van der Waals surface area contributed by atoms with Gasteiger partial charge in [0.15, 0.2) is 0 Å². The SMILES string of the molecule is O=C(c1ccc(-n2cnc3ccccc32)cc1)N1CCN(S(=O)(=O)c2c(Cl)cccc2Cl)CC1. The van der Waals surface area contributed by atoms with E-state index in [1.165, 1.54) is 16.4 Å². The zero-order chi connectivity index (χ0) is 23.9. The van der Waals surface area contributed by atoms with Gasteiger partial charge in [0.1, 0.15) is 11.2 Å². The van der Waals surface area contributed by atoms with E-state index < -0.39 is 10.0 Å². The minimum absolute atomic E-state index is 0.0803. The van der Waals surface area contributed by atoms with Gasteiger partial charge in [-0.3, -0.25) is 9.36 Å². The highest BCUT2D eigenvalue weighted by molar-refractivity contribution is 7.89. The number of halogens is 2. The van der Waals surface area contributed by atoms with E-state index in [2.05, 4.69) is 4.98 Å². The van der Waals surface area contributed by atoms with Crippen LogP contribution >= 0.6 is 23.2 Å². The third kappa shape index (κ3) is 4.07. The molecule has 1 aromatic heterocycles. The van der Waals surface area contributed by atoms with Crippen molar-refractivity contribution in [2.75, 3.05) is 26.2 Å². The third-order valence-corrected chi connectivity index (χ3v) is 8.74. The summed E-state index contributed by atoms with van der Waals surface area (Å²) in [6, 6.07) is 19.7. The number of fused-ring (bicyclic) bond motifs is 1. The maximum atomic E-state index is 13.1. The van der Waals surface area contributed by atoms with Crippen LogP contribution in [0.3, 0.4) is 0 Å². The Hall–Kier alpha value is -2.91. The number of hydrogen-bond donors (Lipinski definition) is 0. The van der Waals surface area contributed by atoms with Crippen molar-refractivity contribution < 1.29 is 13.2 Å². The molecular weight excluding hydrogens is 495 g/mol. The van der Waals surface area contributed by atoms with Gasteiger partial charge in [0, 0.05) is 37.4 Å². The number of para-hydroxylation sites is 2. The molecule has 174 valence electrons. The summed E-state index contributed by atoms with van der Waals surface area (Å²) in [6.07, 6.45) is 1.76. The van der Waals surface area contributed by atoms with Crippen molar-refractivity contribution >= 4 is 50.2 Å². The fourth-order valence-corrected chi connectivity index (χ4v) is 6.62. The van der Waals surface area contributed by atoms with E-state index >= 15 is 0 Å². The molecule has 0 bridgehead atoms. The zero-order valence-electron chi connectivity index (χ0n) is 17.9. The molecule has 1 aliphatic rings. The lowest BCUT2D eigenvalue weighted by molar-refractivity contribution is 0.0698. The van der Waals surface area contributed by atoms with Crippen LogP contribution in [-0.4, -0.2) is 59.3 Å². The molecule has 34 heavy (non-hydrogen) atoms. The van der Waals surface area contributed by atoms with Crippen LogP contribution < -0.4 is 0 Å². The molecule has 0 aliphatic carbocycles. The van der Waals surface area contributed by atoms with Crippen molar-refractivity contribution in [3.8, 4) is 5.69 Å². The van der Waals surface area contributed by atoms with E-state index in [9.17, 15) is 13.2 Å². The van der Waals surface area contributed by atoms with Crippen molar-refractivity contribution in [2.24, 2.45) is 0 Å². The molecule has 0 atom stereocenters. The lowest BCUT2D eigenvalue weighted by atomic mass is 10.1. The molecule has 3 aromatic carbocycles. The Morgan fingerprint density at radius 2 is 1.47 bits per heavy atom. The van der Waals surface area contributed by atoms with Gasteiger partial charge in [-0.2, -0.15) is 4.31 Å². The average molecular weight is 515 g/mol. The predicted molar refractivity (Wildman–Crippen MR) is 132 cm³/mol. The molecule has 0 unspecified atom stereocenters. The van der Waals surface area contributed by atoms with Gasteiger partial charge in [0.25, 0.3) is 5.91 Å².